The van der Waals surface area contributed by atoms with E-state index in [9.17, 15) is 14.0 Å². The molecule has 0 heterocycles. The van der Waals surface area contributed by atoms with Crippen LogP contribution in [0.2, 0.25) is 0 Å². The standard InChI is InChI=1S/C32H30FNO5/c1-4-22-13-14-23(31(29(22)30(35)21(2)3)39-26-10-6-5-7-11-26)20-37-32(36)34-25-15-17-27(18-16-25)38-28-12-8-9-24(33)19-28/h5-19,21H,4,20H2,1-3H3,(H,34,36). The highest BCUT2D eigenvalue weighted by Gasteiger charge is 2.24. The zero-order chi connectivity index (χ0) is 27.8. The van der Waals surface area contributed by atoms with Gasteiger partial charge in [0.05, 0.1) is 5.56 Å². The van der Waals surface area contributed by atoms with E-state index in [-0.39, 0.29) is 18.3 Å². The highest BCUT2D eigenvalue weighted by molar-refractivity contribution is 6.02. The number of amides is 1. The minimum Gasteiger partial charge on any atom is -0.457 e. The largest absolute Gasteiger partial charge is 0.457 e. The fourth-order valence-electron chi connectivity index (χ4n) is 3.93. The Morgan fingerprint density at radius 3 is 2.13 bits per heavy atom. The van der Waals surface area contributed by atoms with Gasteiger partial charge in [-0.15, -0.1) is 0 Å². The van der Waals surface area contributed by atoms with Crippen LogP contribution in [0.15, 0.2) is 91.0 Å². The molecule has 0 saturated heterocycles. The highest BCUT2D eigenvalue weighted by atomic mass is 19.1. The Hall–Kier alpha value is -4.65. The molecule has 7 heteroatoms. The SMILES string of the molecule is CCc1ccc(COC(=O)Nc2ccc(Oc3cccc(F)c3)cc2)c(Oc2ccccc2)c1C(=O)C(C)C. The molecule has 0 spiro atoms. The van der Waals surface area contributed by atoms with Crippen LogP contribution in [0.4, 0.5) is 14.9 Å². The number of ketones is 1. The lowest BCUT2D eigenvalue weighted by Crippen LogP contribution is -2.16. The number of nitrogens with one attached hydrogen (secondary N) is 1. The first kappa shape index (κ1) is 27.4. The lowest BCUT2D eigenvalue weighted by atomic mass is 9.92. The summed E-state index contributed by atoms with van der Waals surface area (Å²) in [7, 11) is 0. The van der Waals surface area contributed by atoms with Crippen LogP contribution in [-0.4, -0.2) is 11.9 Å². The normalized spacial score (nSPS) is 10.7. The summed E-state index contributed by atoms with van der Waals surface area (Å²) in [5, 5.41) is 2.68. The van der Waals surface area contributed by atoms with Gasteiger partial charge in [0.25, 0.3) is 0 Å². The maximum absolute atomic E-state index is 13.4. The summed E-state index contributed by atoms with van der Waals surface area (Å²) >= 11 is 0. The predicted octanol–water partition coefficient (Wildman–Crippen LogP) is 8.56. The van der Waals surface area contributed by atoms with E-state index in [1.807, 2.05) is 51.1 Å². The Labute approximate surface area is 227 Å². The monoisotopic (exact) mass is 527 g/mol. The predicted molar refractivity (Wildman–Crippen MR) is 148 cm³/mol. The number of benzene rings is 4. The second kappa shape index (κ2) is 12.7. The molecule has 6 nitrogen and oxygen atoms in total. The van der Waals surface area contributed by atoms with Gasteiger partial charge in [-0.2, -0.15) is 0 Å². The van der Waals surface area contributed by atoms with Gasteiger partial charge in [0.15, 0.2) is 5.78 Å². The first-order valence-electron chi connectivity index (χ1n) is 12.7. The van der Waals surface area contributed by atoms with Crippen LogP contribution in [-0.2, 0) is 17.8 Å². The van der Waals surface area contributed by atoms with E-state index < -0.39 is 11.9 Å². The van der Waals surface area contributed by atoms with Crippen LogP contribution < -0.4 is 14.8 Å². The van der Waals surface area contributed by atoms with Crippen molar-refractivity contribution in [3.63, 3.8) is 0 Å². The second-order valence-corrected chi connectivity index (χ2v) is 9.16. The van der Waals surface area contributed by atoms with E-state index in [4.69, 9.17) is 14.2 Å². The van der Waals surface area contributed by atoms with Gasteiger partial charge in [-0.05, 0) is 60.5 Å². The summed E-state index contributed by atoms with van der Waals surface area (Å²) < 4.78 is 30.7. The maximum Gasteiger partial charge on any atom is 0.411 e. The average Bonchev–Trinajstić information content (AvgIpc) is 2.93. The van der Waals surface area contributed by atoms with Crippen LogP contribution in [0.1, 0.15) is 42.3 Å². The fourth-order valence-corrected chi connectivity index (χ4v) is 3.93. The van der Waals surface area contributed by atoms with E-state index in [1.54, 1.807) is 48.5 Å². The van der Waals surface area contributed by atoms with Crippen LogP contribution in [0.25, 0.3) is 0 Å². The molecule has 0 aliphatic carbocycles. The van der Waals surface area contributed by atoms with Crippen LogP contribution in [0.5, 0.6) is 23.0 Å². The van der Waals surface area contributed by atoms with Gasteiger partial charge in [0.1, 0.15) is 35.4 Å². The van der Waals surface area contributed by atoms with Crippen molar-refractivity contribution in [1.29, 1.82) is 0 Å². The van der Waals surface area contributed by atoms with Gasteiger partial charge in [0.2, 0.25) is 0 Å². The Morgan fingerprint density at radius 2 is 1.46 bits per heavy atom. The quantitative estimate of drug-likeness (QED) is 0.209. The number of Topliss-reactive ketones (excluding diaryl/α,β-unsaturated/α-hetero) is 1. The second-order valence-electron chi connectivity index (χ2n) is 9.16. The molecule has 0 unspecified atom stereocenters. The summed E-state index contributed by atoms with van der Waals surface area (Å²) in [6, 6.07) is 25.3. The Morgan fingerprint density at radius 1 is 0.795 bits per heavy atom. The third kappa shape index (κ3) is 7.23. The summed E-state index contributed by atoms with van der Waals surface area (Å²) in [4.78, 5) is 25.8. The van der Waals surface area contributed by atoms with Crippen molar-refractivity contribution < 1.29 is 28.2 Å². The van der Waals surface area contributed by atoms with Gasteiger partial charge < -0.3 is 14.2 Å². The molecule has 0 bridgehead atoms. The molecule has 4 aromatic carbocycles. The van der Waals surface area contributed by atoms with Gasteiger partial charge in [-0.3, -0.25) is 10.1 Å². The van der Waals surface area contributed by atoms with Crippen molar-refractivity contribution >= 4 is 17.6 Å². The van der Waals surface area contributed by atoms with Crippen molar-refractivity contribution in [3.8, 4) is 23.0 Å². The number of rotatable bonds is 10. The lowest BCUT2D eigenvalue weighted by Gasteiger charge is -2.19. The number of ether oxygens (including phenoxy) is 3. The molecule has 4 rings (SSSR count). The van der Waals surface area contributed by atoms with Crippen LogP contribution >= 0.6 is 0 Å². The zero-order valence-electron chi connectivity index (χ0n) is 22.1. The van der Waals surface area contributed by atoms with Gasteiger partial charge in [0, 0.05) is 23.2 Å². The minimum atomic E-state index is -0.671. The van der Waals surface area contributed by atoms with E-state index in [0.29, 0.717) is 46.2 Å². The van der Waals surface area contributed by atoms with E-state index in [1.165, 1.54) is 12.1 Å². The molecule has 0 atom stereocenters. The van der Waals surface area contributed by atoms with Crippen molar-refractivity contribution in [2.75, 3.05) is 5.32 Å². The highest BCUT2D eigenvalue weighted by Crippen LogP contribution is 2.35. The van der Waals surface area contributed by atoms with Crippen LogP contribution in [0, 0.1) is 11.7 Å². The molecule has 39 heavy (non-hydrogen) atoms. The number of para-hydroxylation sites is 1. The smallest absolute Gasteiger partial charge is 0.411 e. The van der Waals surface area contributed by atoms with Crippen LogP contribution in [0.3, 0.4) is 0 Å². The molecular formula is C32H30FNO5. The molecule has 0 aromatic heterocycles. The summed E-state index contributed by atoms with van der Waals surface area (Å²) in [5.41, 5.74) is 2.44. The summed E-state index contributed by atoms with van der Waals surface area (Å²) in [6.07, 6.45) is -0.0183. The first-order valence-corrected chi connectivity index (χ1v) is 12.7. The number of carbonyl (C=O) groups is 2. The van der Waals surface area contributed by atoms with Crippen molar-refractivity contribution in [2.24, 2.45) is 5.92 Å². The number of hydrogen-bond acceptors (Lipinski definition) is 5. The van der Waals surface area contributed by atoms with Crippen molar-refractivity contribution in [1.82, 2.24) is 0 Å². The molecule has 4 aromatic rings. The van der Waals surface area contributed by atoms with E-state index >= 15 is 0 Å². The lowest BCUT2D eigenvalue weighted by molar-refractivity contribution is 0.0935. The number of carbonyl (C=O) groups excluding carboxylic acids is 2. The fraction of sp³-hybridized carbons (Fsp3) is 0.188. The van der Waals surface area contributed by atoms with E-state index in [0.717, 1.165) is 5.56 Å². The third-order valence-corrected chi connectivity index (χ3v) is 5.93. The van der Waals surface area contributed by atoms with Crippen molar-refractivity contribution in [3.05, 3.63) is 114 Å². The molecule has 0 fully saturated rings. The summed E-state index contributed by atoms with van der Waals surface area (Å²) in [5.74, 6) is 1.16. The summed E-state index contributed by atoms with van der Waals surface area (Å²) in [6.45, 7) is 5.58. The molecule has 200 valence electrons. The molecular weight excluding hydrogens is 497 g/mol. The molecule has 0 aliphatic heterocycles. The number of anilines is 1. The third-order valence-electron chi connectivity index (χ3n) is 5.93. The topological polar surface area (TPSA) is 73.9 Å². The van der Waals surface area contributed by atoms with E-state index in [2.05, 4.69) is 5.32 Å². The van der Waals surface area contributed by atoms with Crippen molar-refractivity contribution in [2.45, 2.75) is 33.8 Å². The molecule has 1 amide bonds. The average molecular weight is 528 g/mol. The minimum absolute atomic E-state index is 0.0374. The molecule has 0 saturated carbocycles. The number of aryl methyl sites for hydroxylation is 1. The molecule has 1 N–H and O–H groups in total. The maximum atomic E-state index is 13.4. The van der Waals surface area contributed by atoms with Gasteiger partial charge in [-0.25, -0.2) is 9.18 Å². The Balaban J connectivity index is 1.48. The Bertz CT molecular complexity index is 1440. The number of hydrogen-bond donors (Lipinski definition) is 1. The molecule has 0 radical (unpaired) electrons. The zero-order valence-corrected chi connectivity index (χ0v) is 22.1. The number of halogens is 1. The first-order chi connectivity index (χ1) is 18.8. The van der Waals surface area contributed by atoms with Gasteiger partial charge >= 0.3 is 6.09 Å². The molecule has 0 aliphatic rings. The Kier molecular flexibility index (Phi) is 8.94. The van der Waals surface area contributed by atoms with Gasteiger partial charge in [-0.1, -0.05) is 57.2 Å².